The van der Waals surface area contributed by atoms with Crippen molar-refractivity contribution in [2.45, 2.75) is 26.4 Å². The van der Waals surface area contributed by atoms with Gasteiger partial charge < -0.3 is 14.6 Å². The molecule has 2 amide bonds. The predicted molar refractivity (Wildman–Crippen MR) is 137 cm³/mol. The number of aliphatic carboxylic acids is 1. The van der Waals surface area contributed by atoms with Gasteiger partial charge in [-0.3, -0.25) is 15.0 Å². The van der Waals surface area contributed by atoms with Crippen LogP contribution in [0.2, 0.25) is 0 Å². The van der Waals surface area contributed by atoms with Gasteiger partial charge in [-0.25, -0.2) is 4.79 Å². The summed E-state index contributed by atoms with van der Waals surface area (Å²) >= 11 is 9.64. The Kier molecular flexibility index (Phi) is 8.70. The van der Waals surface area contributed by atoms with Crippen LogP contribution in [0.4, 0.5) is 0 Å². The Balaban J connectivity index is 1.79. The van der Waals surface area contributed by atoms with Crippen LogP contribution < -0.4 is 14.9 Å². The molecule has 3 rings (SSSR count). The van der Waals surface area contributed by atoms with E-state index in [1.807, 2.05) is 0 Å². The minimum atomic E-state index is -1.07. The van der Waals surface area contributed by atoms with Gasteiger partial charge in [-0.05, 0) is 73.6 Å². The molecule has 0 aromatic heterocycles. The van der Waals surface area contributed by atoms with Crippen LogP contribution in [0.25, 0.3) is 6.08 Å². The summed E-state index contributed by atoms with van der Waals surface area (Å²) in [5.41, 5.74) is 3.54. The van der Waals surface area contributed by atoms with E-state index in [-0.39, 0.29) is 10.7 Å². The molecule has 34 heavy (non-hydrogen) atoms. The Labute approximate surface area is 214 Å². The molecule has 1 saturated heterocycles. The van der Waals surface area contributed by atoms with Crippen LogP contribution in [0.15, 0.2) is 51.8 Å². The van der Waals surface area contributed by atoms with Crippen molar-refractivity contribution in [1.29, 1.82) is 0 Å². The molecule has 2 aromatic rings. The first-order valence-corrected chi connectivity index (χ1v) is 12.3. The van der Waals surface area contributed by atoms with E-state index < -0.39 is 23.9 Å². The third-order valence-corrected chi connectivity index (χ3v) is 6.43. The zero-order valence-electron chi connectivity index (χ0n) is 18.2. The number of hydrazine groups is 1. The van der Waals surface area contributed by atoms with Crippen LogP contribution in [-0.2, 0) is 9.59 Å². The van der Waals surface area contributed by atoms with Gasteiger partial charge in [0.05, 0.1) is 11.5 Å². The molecule has 178 valence electrons. The second-order valence-electron chi connectivity index (χ2n) is 6.96. The van der Waals surface area contributed by atoms with Gasteiger partial charge in [-0.15, -0.1) is 0 Å². The van der Waals surface area contributed by atoms with Crippen molar-refractivity contribution in [3.63, 3.8) is 0 Å². The number of hydrogen-bond acceptors (Lipinski definition) is 7. The first kappa shape index (κ1) is 25.7. The average molecular weight is 565 g/mol. The Morgan fingerprint density at radius 1 is 1.21 bits per heavy atom. The van der Waals surface area contributed by atoms with Crippen molar-refractivity contribution in [3.05, 3.63) is 63.0 Å². The molecule has 0 bridgehead atoms. The minimum absolute atomic E-state index is 0.193. The van der Waals surface area contributed by atoms with E-state index in [9.17, 15) is 19.5 Å². The van der Waals surface area contributed by atoms with Gasteiger partial charge in [0.2, 0.25) is 0 Å². The predicted octanol–water partition coefficient (Wildman–Crippen LogP) is 4.64. The highest BCUT2D eigenvalue weighted by molar-refractivity contribution is 9.10. The van der Waals surface area contributed by atoms with E-state index in [0.717, 1.165) is 21.2 Å². The van der Waals surface area contributed by atoms with Gasteiger partial charge in [0, 0.05) is 10.0 Å². The number of nitrogens with one attached hydrogen (secondary N) is 1. The monoisotopic (exact) mass is 564 g/mol. The Bertz CT molecular complexity index is 1150. The summed E-state index contributed by atoms with van der Waals surface area (Å²) < 4.78 is 12.2. The molecule has 1 atom stereocenters. The highest BCUT2D eigenvalue weighted by Gasteiger charge is 2.34. The largest absolute Gasteiger partial charge is 0.490 e. The molecular formula is C23H21BrN2O6S2. The highest BCUT2D eigenvalue weighted by Crippen LogP contribution is 2.35. The molecule has 0 radical (unpaired) electrons. The van der Waals surface area contributed by atoms with Crippen molar-refractivity contribution < 1.29 is 29.0 Å². The van der Waals surface area contributed by atoms with Gasteiger partial charge >= 0.3 is 5.97 Å². The number of benzene rings is 2. The smallest absolute Gasteiger partial charge is 0.344 e. The molecule has 1 heterocycles. The Hall–Kier alpha value is -2.89. The Morgan fingerprint density at radius 2 is 1.91 bits per heavy atom. The molecule has 1 aliphatic rings. The number of carbonyl (C=O) groups excluding carboxylic acids is 2. The molecule has 1 unspecified atom stereocenters. The average Bonchev–Trinajstić information content (AvgIpc) is 3.06. The topological polar surface area (TPSA) is 105 Å². The summed E-state index contributed by atoms with van der Waals surface area (Å²) in [5.74, 6) is -1.34. The van der Waals surface area contributed by atoms with Crippen molar-refractivity contribution in [2.75, 3.05) is 6.61 Å². The molecule has 2 N–H and O–H groups in total. The number of rotatable bonds is 9. The van der Waals surface area contributed by atoms with Crippen LogP contribution in [0.3, 0.4) is 0 Å². The number of carboxylic acid groups (broad SMARTS) is 1. The standard InChI is InChI=1S/C23H21BrN2O6S2/c1-3-16(22(29)30)32-17-10-5-13(11-18(17)31-4-2)12-19-21(28)26(23(33)34-19)25-20(27)14-6-8-15(24)9-7-14/h5-12,16H,3-4H2,1-2H3,(H,25,27)(H,29,30)/b19-12+. The molecule has 0 saturated carbocycles. The third kappa shape index (κ3) is 6.16. The summed E-state index contributed by atoms with van der Waals surface area (Å²) in [7, 11) is 0. The second kappa shape index (κ2) is 11.5. The van der Waals surface area contributed by atoms with Crippen LogP contribution >= 0.6 is 39.9 Å². The van der Waals surface area contributed by atoms with E-state index in [1.165, 1.54) is 0 Å². The molecule has 11 heteroatoms. The molecule has 2 aromatic carbocycles. The van der Waals surface area contributed by atoms with E-state index in [1.54, 1.807) is 62.4 Å². The van der Waals surface area contributed by atoms with Gasteiger partial charge in [0.15, 0.2) is 21.9 Å². The quantitative estimate of drug-likeness (QED) is 0.335. The van der Waals surface area contributed by atoms with Crippen LogP contribution in [0.5, 0.6) is 11.5 Å². The molecule has 8 nitrogen and oxygen atoms in total. The maximum atomic E-state index is 12.9. The van der Waals surface area contributed by atoms with Crippen molar-refractivity contribution in [3.8, 4) is 11.5 Å². The number of ether oxygens (including phenoxy) is 2. The molecule has 1 fully saturated rings. The zero-order chi connectivity index (χ0) is 24.8. The van der Waals surface area contributed by atoms with E-state index >= 15 is 0 Å². The first-order valence-electron chi connectivity index (χ1n) is 10.2. The van der Waals surface area contributed by atoms with Crippen molar-refractivity contribution in [1.82, 2.24) is 10.4 Å². The fourth-order valence-electron chi connectivity index (χ4n) is 2.92. The van der Waals surface area contributed by atoms with E-state index in [2.05, 4.69) is 21.4 Å². The number of carbonyl (C=O) groups is 3. The lowest BCUT2D eigenvalue weighted by Gasteiger charge is -2.17. The number of nitrogens with zero attached hydrogens (tertiary/aromatic N) is 1. The number of amides is 2. The summed E-state index contributed by atoms with van der Waals surface area (Å²) in [6.07, 6.45) is 0.902. The van der Waals surface area contributed by atoms with Crippen LogP contribution in [0.1, 0.15) is 36.2 Å². The first-order chi connectivity index (χ1) is 16.2. The van der Waals surface area contributed by atoms with Gasteiger partial charge in [0.1, 0.15) is 0 Å². The number of thiocarbonyl (C=S) groups is 1. The second-order valence-corrected chi connectivity index (χ2v) is 9.55. The maximum absolute atomic E-state index is 12.9. The highest BCUT2D eigenvalue weighted by atomic mass is 79.9. The van der Waals surface area contributed by atoms with E-state index in [0.29, 0.717) is 34.1 Å². The van der Waals surface area contributed by atoms with E-state index in [4.69, 9.17) is 21.7 Å². The summed E-state index contributed by atoms with van der Waals surface area (Å²) in [6, 6.07) is 11.6. The van der Waals surface area contributed by atoms with Gasteiger partial charge in [0.25, 0.3) is 11.8 Å². The normalized spacial score (nSPS) is 15.4. The zero-order valence-corrected chi connectivity index (χ0v) is 21.5. The van der Waals surface area contributed by atoms with Gasteiger partial charge in [-0.2, -0.15) is 5.01 Å². The fourth-order valence-corrected chi connectivity index (χ4v) is 4.37. The summed E-state index contributed by atoms with van der Waals surface area (Å²) in [6.45, 7) is 3.85. The lowest BCUT2D eigenvalue weighted by atomic mass is 10.1. The summed E-state index contributed by atoms with van der Waals surface area (Å²) in [4.78, 5) is 37.0. The van der Waals surface area contributed by atoms with Crippen LogP contribution in [0, 0.1) is 0 Å². The number of thioether (sulfide) groups is 1. The lowest BCUT2D eigenvalue weighted by Crippen LogP contribution is -2.44. The number of halogens is 1. The van der Waals surface area contributed by atoms with Crippen LogP contribution in [-0.4, -0.2) is 44.9 Å². The Morgan fingerprint density at radius 3 is 2.53 bits per heavy atom. The molecule has 1 aliphatic heterocycles. The number of hydrogen-bond donors (Lipinski definition) is 2. The molecule has 0 spiro atoms. The van der Waals surface area contributed by atoms with Gasteiger partial charge in [-0.1, -0.05) is 40.7 Å². The lowest BCUT2D eigenvalue weighted by molar-refractivity contribution is -0.145. The minimum Gasteiger partial charge on any atom is -0.490 e. The fraction of sp³-hybridized carbons (Fsp3) is 0.217. The summed E-state index contributed by atoms with van der Waals surface area (Å²) in [5, 5.41) is 10.3. The molecule has 0 aliphatic carbocycles. The maximum Gasteiger partial charge on any atom is 0.344 e. The molecular weight excluding hydrogens is 544 g/mol. The third-order valence-electron chi connectivity index (χ3n) is 4.59. The SMILES string of the molecule is CCOc1cc(/C=C2/SC(=S)N(NC(=O)c3ccc(Br)cc3)C2=O)ccc1OC(CC)C(=O)O. The van der Waals surface area contributed by atoms with Crippen molar-refractivity contribution >= 4 is 68.1 Å². The number of carboxylic acids is 1. The van der Waals surface area contributed by atoms with Crippen molar-refractivity contribution in [2.24, 2.45) is 0 Å².